The number of carbonyl (C=O) groups is 1. The molecule has 6 heteroatoms. The quantitative estimate of drug-likeness (QED) is 0.706. The third-order valence-electron chi connectivity index (χ3n) is 4.90. The maximum Gasteiger partial charge on any atom is 0.268 e. The fourth-order valence-corrected chi connectivity index (χ4v) is 4.58. The van der Waals surface area contributed by atoms with Gasteiger partial charge in [-0.3, -0.25) is 9.69 Å². The van der Waals surface area contributed by atoms with Crippen molar-refractivity contribution in [3.8, 4) is 0 Å². The Balaban J connectivity index is 1.58. The summed E-state index contributed by atoms with van der Waals surface area (Å²) in [4.78, 5) is 19.7. The smallest absolute Gasteiger partial charge is 0.268 e. The third kappa shape index (κ3) is 3.39. The van der Waals surface area contributed by atoms with E-state index >= 15 is 0 Å². The maximum absolute atomic E-state index is 13.8. The van der Waals surface area contributed by atoms with Crippen LogP contribution in [0.5, 0.6) is 0 Å². The van der Waals surface area contributed by atoms with Crippen LogP contribution in [0.15, 0.2) is 30.3 Å². The standard InChI is InChI=1S/C20H22FN3OS/c1-13-10-17-19(26-13)15(12-24-8-4-5-9-24)18(23-17)20(25)22-11-14-6-2-3-7-16(14)21/h2-3,6-7,10,23H,4-5,8-9,11-12H2,1H3,(H,22,25). The van der Waals surface area contributed by atoms with E-state index in [9.17, 15) is 9.18 Å². The van der Waals surface area contributed by atoms with Gasteiger partial charge in [0.2, 0.25) is 0 Å². The van der Waals surface area contributed by atoms with E-state index in [4.69, 9.17) is 0 Å². The molecule has 0 saturated carbocycles. The molecule has 0 spiro atoms. The number of thiophene rings is 1. The molecule has 1 aromatic carbocycles. The van der Waals surface area contributed by atoms with Crippen LogP contribution in [-0.4, -0.2) is 28.9 Å². The summed E-state index contributed by atoms with van der Waals surface area (Å²) in [6.07, 6.45) is 2.43. The molecule has 2 aromatic heterocycles. The molecule has 26 heavy (non-hydrogen) atoms. The fraction of sp³-hybridized carbons (Fsp3) is 0.350. The number of hydrogen-bond acceptors (Lipinski definition) is 3. The van der Waals surface area contributed by atoms with E-state index in [1.54, 1.807) is 29.5 Å². The second-order valence-corrected chi connectivity index (χ2v) is 8.09. The minimum absolute atomic E-state index is 0.177. The number of benzene rings is 1. The Hall–Kier alpha value is -2.18. The zero-order valence-electron chi connectivity index (χ0n) is 14.8. The highest BCUT2D eigenvalue weighted by Gasteiger charge is 2.23. The Morgan fingerprint density at radius 3 is 2.85 bits per heavy atom. The predicted octanol–water partition coefficient (Wildman–Crippen LogP) is 4.20. The number of H-pyrrole nitrogens is 1. The van der Waals surface area contributed by atoms with Crippen molar-refractivity contribution in [2.45, 2.75) is 32.9 Å². The minimum atomic E-state index is -0.298. The van der Waals surface area contributed by atoms with E-state index < -0.39 is 0 Å². The van der Waals surface area contributed by atoms with Crippen LogP contribution in [0.1, 0.15) is 39.3 Å². The number of aromatic amines is 1. The molecule has 0 radical (unpaired) electrons. The molecule has 4 rings (SSSR count). The van der Waals surface area contributed by atoms with Gasteiger partial charge in [-0.1, -0.05) is 18.2 Å². The summed E-state index contributed by atoms with van der Waals surface area (Å²) in [5, 5.41) is 2.86. The predicted molar refractivity (Wildman–Crippen MR) is 103 cm³/mol. The van der Waals surface area contributed by atoms with Gasteiger partial charge in [0.1, 0.15) is 11.5 Å². The van der Waals surface area contributed by atoms with Crippen LogP contribution >= 0.6 is 11.3 Å². The topological polar surface area (TPSA) is 48.1 Å². The Morgan fingerprint density at radius 2 is 2.08 bits per heavy atom. The molecule has 1 saturated heterocycles. The highest BCUT2D eigenvalue weighted by atomic mass is 32.1. The highest BCUT2D eigenvalue weighted by molar-refractivity contribution is 7.19. The number of likely N-dealkylation sites (tertiary alicyclic amines) is 1. The molecule has 1 aliphatic rings. The summed E-state index contributed by atoms with van der Waals surface area (Å²) in [6.45, 7) is 5.19. The van der Waals surface area contributed by atoms with E-state index in [1.165, 1.54) is 23.8 Å². The van der Waals surface area contributed by atoms with Crippen LogP contribution in [0.2, 0.25) is 0 Å². The lowest BCUT2D eigenvalue weighted by atomic mass is 10.2. The van der Waals surface area contributed by atoms with Crippen molar-refractivity contribution < 1.29 is 9.18 Å². The van der Waals surface area contributed by atoms with Gasteiger partial charge in [-0.15, -0.1) is 11.3 Å². The Bertz CT molecular complexity index is 940. The van der Waals surface area contributed by atoms with E-state index in [-0.39, 0.29) is 18.3 Å². The number of aryl methyl sites for hydroxylation is 1. The first-order chi connectivity index (χ1) is 12.6. The number of carbonyl (C=O) groups excluding carboxylic acids is 1. The van der Waals surface area contributed by atoms with Gasteiger partial charge in [0.15, 0.2) is 0 Å². The summed E-state index contributed by atoms with van der Waals surface area (Å²) in [6, 6.07) is 8.61. The number of fused-ring (bicyclic) bond motifs is 1. The Morgan fingerprint density at radius 1 is 1.31 bits per heavy atom. The molecular weight excluding hydrogens is 349 g/mol. The highest BCUT2D eigenvalue weighted by Crippen LogP contribution is 2.32. The Labute approximate surface area is 156 Å². The molecule has 1 amide bonds. The van der Waals surface area contributed by atoms with Crippen LogP contribution < -0.4 is 5.32 Å². The van der Waals surface area contributed by atoms with Crippen molar-refractivity contribution in [2.24, 2.45) is 0 Å². The molecule has 0 unspecified atom stereocenters. The third-order valence-corrected chi connectivity index (χ3v) is 6.01. The average molecular weight is 371 g/mol. The number of amides is 1. The molecule has 0 atom stereocenters. The molecule has 2 N–H and O–H groups in total. The van der Waals surface area contributed by atoms with Gasteiger partial charge in [0.25, 0.3) is 5.91 Å². The summed E-state index contributed by atoms with van der Waals surface area (Å²) in [5.41, 5.74) is 3.17. The summed E-state index contributed by atoms with van der Waals surface area (Å²) < 4.78 is 14.9. The number of rotatable bonds is 5. The molecule has 4 nitrogen and oxygen atoms in total. The zero-order valence-corrected chi connectivity index (χ0v) is 15.6. The molecular formula is C20H22FN3OS. The first kappa shape index (κ1) is 17.2. The molecule has 1 fully saturated rings. The van der Waals surface area contributed by atoms with Crippen LogP contribution in [0, 0.1) is 12.7 Å². The number of nitrogens with zero attached hydrogens (tertiary/aromatic N) is 1. The largest absolute Gasteiger partial charge is 0.350 e. The van der Waals surface area contributed by atoms with Crippen molar-refractivity contribution in [3.05, 3.63) is 57.8 Å². The lowest BCUT2D eigenvalue weighted by Gasteiger charge is -2.15. The van der Waals surface area contributed by atoms with Gasteiger partial charge in [-0.25, -0.2) is 4.39 Å². The van der Waals surface area contributed by atoms with Gasteiger partial charge >= 0.3 is 0 Å². The number of halogens is 1. The zero-order chi connectivity index (χ0) is 18.1. The van der Waals surface area contributed by atoms with Crippen LogP contribution in [0.3, 0.4) is 0 Å². The SMILES string of the molecule is Cc1cc2[nH]c(C(=O)NCc3ccccc3F)c(CN3CCCC3)c2s1. The van der Waals surface area contributed by atoms with Crippen molar-refractivity contribution in [1.82, 2.24) is 15.2 Å². The lowest BCUT2D eigenvalue weighted by molar-refractivity contribution is 0.0944. The minimum Gasteiger partial charge on any atom is -0.350 e. The normalized spacial score (nSPS) is 15.0. The van der Waals surface area contributed by atoms with E-state index in [2.05, 4.69) is 28.2 Å². The first-order valence-electron chi connectivity index (χ1n) is 8.97. The van der Waals surface area contributed by atoms with Gasteiger partial charge in [-0.2, -0.15) is 0 Å². The number of hydrogen-bond donors (Lipinski definition) is 2. The van der Waals surface area contributed by atoms with E-state index in [0.29, 0.717) is 11.3 Å². The summed E-state index contributed by atoms with van der Waals surface area (Å²) in [7, 11) is 0. The maximum atomic E-state index is 13.8. The van der Waals surface area contributed by atoms with E-state index in [0.717, 1.165) is 35.4 Å². The number of nitrogens with one attached hydrogen (secondary N) is 2. The molecule has 0 aliphatic carbocycles. The van der Waals surface area contributed by atoms with Crippen LogP contribution in [0.4, 0.5) is 4.39 Å². The molecule has 3 heterocycles. The fourth-order valence-electron chi connectivity index (χ4n) is 3.57. The van der Waals surface area contributed by atoms with E-state index in [1.807, 2.05) is 0 Å². The number of aromatic nitrogens is 1. The molecule has 3 aromatic rings. The second-order valence-electron chi connectivity index (χ2n) is 6.84. The monoisotopic (exact) mass is 371 g/mol. The van der Waals surface area contributed by atoms with Crippen LogP contribution in [0.25, 0.3) is 10.2 Å². The Kier molecular flexibility index (Phi) is 4.78. The van der Waals surface area contributed by atoms with Crippen molar-refractivity contribution in [3.63, 3.8) is 0 Å². The van der Waals surface area contributed by atoms with Crippen molar-refractivity contribution in [1.29, 1.82) is 0 Å². The van der Waals surface area contributed by atoms with Crippen molar-refractivity contribution in [2.75, 3.05) is 13.1 Å². The second kappa shape index (κ2) is 7.21. The van der Waals surface area contributed by atoms with Gasteiger partial charge in [0.05, 0.1) is 10.2 Å². The van der Waals surface area contributed by atoms with Gasteiger partial charge in [-0.05, 0) is 45.0 Å². The van der Waals surface area contributed by atoms with Gasteiger partial charge in [0, 0.05) is 29.1 Å². The van der Waals surface area contributed by atoms with Crippen LogP contribution in [-0.2, 0) is 13.1 Å². The molecule has 0 bridgehead atoms. The average Bonchev–Trinajstić information content (AvgIpc) is 3.32. The molecule has 1 aliphatic heterocycles. The molecule has 136 valence electrons. The lowest BCUT2D eigenvalue weighted by Crippen LogP contribution is -2.26. The van der Waals surface area contributed by atoms with Gasteiger partial charge < -0.3 is 10.3 Å². The first-order valence-corrected chi connectivity index (χ1v) is 9.78. The van der Waals surface area contributed by atoms with Crippen molar-refractivity contribution >= 4 is 27.5 Å². The summed E-state index contributed by atoms with van der Waals surface area (Å²) >= 11 is 1.72. The summed E-state index contributed by atoms with van der Waals surface area (Å²) in [5.74, 6) is -0.475.